The molecule has 0 aromatic heterocycles. The average Bonchev–Trinajstić information content (AvgIpc) is 2.54. The van der Waals surface area contributed by atoms with Crippen molar-refractivity contribution in [2.75, 3.05) is 33.0 Å². The number of rotatable bonds is 0. The Morgan fingerprint density at radius 1 is 0.750 bits per heavy atom. The minimum absolute atomic E-state index is 0.750. The second-order valence-electron chi connectivity index (χ2n) is 3.22. The third-order valence-electron chi connectivity index (χ3n) is 2.08. The topological polar surface area (TPSA) is 33.3 Å². The Labute approximate surface area is 74.9 Å². The summed E-state index contributed by atoms with van der Waals surface area (Å²) in [7, 11) is 0. The third-order valence-corrected chi connectivity index (χ3v) is 2.08. The molecule has 72 valence electrons. The van der Waals surface area contributed by atoms with Crippen LogP contribution in [0.3, 0.4) is 0 Å². The second-order valence-corrected chi connectivity index (χ2v) is 3.22. The molecule has 0 aliphatic carbocycles. The van der Waals surface area contributed by atoms with Gasteiger partial charge in [-0.25, -0.2) is 0 Å². The highest BCUT2D eigenvalue weighted by atomic mass is 16.5. The summed E-state index contributed by atoms with van der Waals surface area (Å²) < 4.78 is 4.83. The van der Waals surface area contributed by atoms with Gasteiger partial charge in [-0.2, -0.15) is 0 Å². The van der Waals surface area contributed by atoms with Crippen LogP contribution in [-0.4, -0.2) is 33.0 Å². The maximum atomic E-state index is 4.83. The van der Waals surface area contributed by atoms with Crippen molar-refractivity contribution < 1.29 is 4.74 Å². The van der Waals surface area contributed by atoms with Crippen LogP contribution in [0.5, 0.6) is 0 Å². The van der Waals surface area contributed by atoms with E-state index in [2.05, 4.69) is 10.6 Å². The first-order valence-corrected chi connectivity index (χ1v) is 4.99. The Balaban J connectivity index is 0.000000127. The third kappa shape index (κ3) is 5.52. The van der Waals surface area contributed by atoms with Gasteiger partial charge in [0, 0.05) is 6.54 Å². The van der Waals surface area contributed by atoms with E-state index < -0.39 is 0 Å². The van der Waals surface area contributed by atoms with E-state index in [-0.39, 0.29) is 0 Å². The SMILES string of the molecule is C1CCCNCC1.C1COCN1. The number of nitrogens with one attached hydrogen (secondary N) is 2. The van der Waals surface area contributed by atoms with Crippen molar-refractivity contribution in [1.82, 2.24) is 10.6 Å². The fraction of sp³-hybridized carbons (Fsp3) is 1.00. The van der Waals surface area contributed by atoms with Crippen LogP contribution in [0.15, 0.2) is 0 Å². The largest absolute Gasteiger partial charge is 0.365 e. The van der Waals surface area contributed by atoms with Crippen LogP contribution in [0.25, 0.3) is 0 Å². The molecule has 0 radical (unpaired) electrons. The van der Waals surface area contributed by atoms with Gasteiger partial charge in [-0.3, -0.25) is 5.32 Å². The summed E-state index contributed by atoms with van der Waals surface area (Å²) in [5, 5.41) is 6.35. The molecule has 2 aliphatic heterocycles. The predicted molar refractivity (Wildman–Crippen MR) is 50.2 cm³/mol. The Kier molecular flexibility index (Phi) is 6.25. The lowest BCUT2D eigenvalue weighted by molar-refractivity contribution is 0.194. The molecule has 2 N–H and O–H groups in total. The summed E-state index contributed by atoms with van der Waals surface area (Å²) in [6.45, 7) is 5.17. The van der Waals surface area contributed by atoms with Crippen LogP contribution >= 0.6 is 0 Å². The molecule has 0 atom stereocenters. The van der Waals surface area contributed by atoms with Gasteiger partial charge < -0.3 is 10.1 Å². The molecule has 2 fully saturated rings. The molecule has 12 heavy (non-hydrogen) atoms. The highest BCUT2D eigenvalue weighted by molar-refractivity contribution is 4.54. The maximum Gasteiger partial charge on any atom is 0.0966 e. The van der Waals surface area contributed by atoms with Gasteiger partial charge in [-0.05, 0) is 25.9 Å². The van der Waals surface area contributed by atoms with Crippen molar-refractivity contribution >= 4 is 0 Å². The fourth-order valence-corrected chi connectivity index (χ4v) is 1.34. The highest BCUT2D eigenvalue weighted by Gasteiger charge is 1.94. The van der Waals surface area contributed by atoms with Gasteiger partial charge in [0.2, 0.25) is 0 Å². The van der Waals surface area contributed by atoms with E-state index in [4.69, 9.17) is 4.74 Å². The molecular weight excluding hydrogens is 152 g/mol. The molecular formula is C9H20N2O. The Bertz CT molecular complexity index is 67.3. The highest BCUT2D eigenvalue weighted by Crippen LogP contribution is 2.00. The van der Waals surface area contributed by atoms with E-state index >= 15 is 0 Å². The number of hydrogen-bond donors (Lipinski definition) is 2. The summed E-state index contributed by atoms with van der Waals surface area (Å²) in [6.07, 6.45) is 5.65. The van der Waals surface area contributed by atoms with Crippen molar-refractivity contribution in [2.24, 2.45) is 0 Å². The molecule has 2 rings (SSSR count). The zero-order valence-electron chi connectivity index (χ0n) is 7.77. The molecule has 0 aromatic rings. The van der Waals surface area contributed by atoms with Gasteiger partial charge in [0.25, 0.3) is 0 Å². The van der Waals surface area contributed by atoms with Gasteiger partial charge in [0.05, 0.1) is 13.3 Å². The first-order valence-electron chi connectivity index (χ1n) is 4.99. The molecule has 0 unspecified atom stereocenters. The zero-order valence-corrected chi connectivity index (χ0v) is 7.77. The van der Waals surface area contributed by atoms with Gasteiger partial charge in [-0.15, -0.1) is 0 Å². The van der Waals surface area contributed by atoms with Crippen LogP contribution in [0.2, 0.25) is 0 Å². The van der Waals surface area contributed by atoms with Crippen LogP contribution in [0, 0.1) is 0 Å². The van der Waals surface area contributed by atoms with Gasteiger partial charge in [-0.1, -0.05) is 12.8 Å². The minimum Gasteiger partial charge on any atom is -0.365 e. The monoisotopic (exact) mass is 172 g/mol. The first-order chi connectivity index (χ1) is 6.00. The van der Waals surface area contributed by atoms with E-state index in [9.17, 15) is 0 Å². The molecule has 0 aromatic carbocycles. The Morgan fingerprint density at radius 2 is 1.50 bits per heavy atom. The van der Waals surface area contributed by atoms with E-state index in [1.165, 1.54) is 38.8 Å². The first kappa shape index (κ1) is 9.96. The quantitative estimate of drug-likeness (QED) is 0.564. The molecule has 0 amide bonds. The van der Waals surface area contributed by atoms with Gasteiger partial charge in [0.15, 0.2) is 0 Å². The summed E-state index contributed by atoms with van der Waals surface area (Å²) in [5.41, 5.74) is 0. The summed E-state index contributed by atoms with van der Waals surface area (Å²) >= 11 is 0. The summed E-state index contributed by atoms with van der Waals surface area (Å²) in [6, 6.07) is 0. The minimum atomic E-state index is 0.750. The van der Waals surface area contributed by atoms with Crippen molar-refractivity contribution in [3.8, 4) is 0 Å². The normalized spacial score (nSPS) is 24.0. The van der Waals surface area contributed by atoms with Crippen LogP contribution in [0.4, 0.5) is 0 Å². The smallest absolute Gasteiger partial charge is 0.0966 e. The van der Waals surface area contributed by atoms with Gasteiger partial charge >= 0.3 is 0 Å². The van der Waals surface area contributed by atoms with Crippen molar-refractivity contribution in [3.05, 3.63) is 0 Å². The zero-order chi connectivity index (χ0) is 8.49. The molecule has 2 aliphatic rings. The van der Waals surface area contributed by atoms with Gasteiger partial charge in [0.1, 0.15) is 0 Å². The number of hydrogen-bond acceptors (Lipinski definition) is 3. The Morgan fingerprint density at radius 3 is 1.92 bits per heavy atom. The van der Waals surface area contributed by atoms with E-state index in [1.54, 1.807) is 0 Å². The van der Waals surface area contributed by atoms with Crippen LogP contribution in [0.1, 0.15) is 25.7 Å². The molecule has 0 spiro atoms. The summed E-state index contributed by atoms with van der Waals surface area (Å²) in [4.78, 5) is 0. The van der Waals surface area contributed by atoms with Crippen molar-refractivity contribution in [1.29, 1.82) is 0 Å². The van der Waals surface area contributed by atoms with Crippen molar-refractivity contribution in [3.63, 3.8) is 0 Å². The molecule has 2 saturated heterocycles. The summed E-state index contributed by atoms with van der Waals surface area (Å²) in [5.74, 6) is 0. The molecule has 3 nitrogen and oxygen atoms in total. The molecule has 3 heteroatoms. The molecule has 2 heterocycles. The molecule has 0 bridgehead atoms. The Hall–Kier alpha value is -0.120. The van der Waals surface area contributed by atoms with E-state index in [0.717, 1.165) is 19.9 Å². The molecule has 0 saturated carbocycles. The standard InChI is InChI=1S/C6H13N.C3H7NO/c1-2-4-6-7-5-3-1;1-2-5-3-4-1/h7H,1-6H2;4H,1-3H2. The van der Waals surface area contributed by atoms with Crippen molar-refractivity contribution in [2.45, 2.75) is 25.7 Å². The lowest BCUT2D eigenvalue weighted by atomic mass is 10.2. The fourth-order valence-electron chi connectivity index (χ4n) is 1.34. The number of ether oxygens (including phenoxy) is 1. The predicted octanol–water partition coefficient (Wildman–Crippen LogP) is 0.714. The lowest BCUT2D eigenvalue weighted by Gasteiger charge is -1.91. The maximum absolute atomic E-state index is 4.83. The average molecular weight is 172 g/mol. The van der Waals surface area contributed by atoms with Crippen LogP contribution < -0.4 is 10.6 Å². The van der Waals surface area contributed by atoms with E-state index in [0.29, 0.717) is 0 Å². The van der Waals surface area contributed by atoms with Crippen LogP contribution in [-0.2, 0) is 4.74 Å². The van der Waals surface area contributed by atoms with E-state index in [1.807, 2.05) is 0 Å². The lowest BCUT2D eigenvalue weighted by Crippen LogP contribution is -2.12. The second kappa shape index (κ2) is 7.53.